The Hall–Kier alpha value is -1.89. The highest BCUT2D eigenvalue weighted by atomic mass is 16.1. The first-order valence-corrected chi connectivity index (χ1v) is 6.96. The summed E-state index contributed by atoms with van der Waals surface area (Å²) in [4.78, 5) is 12.3. The molecule has 2 aromatic rings. The van der Waals surface area contributed by atoms with Crippen molar-refractivity contribution in [3.8, 4) is 11.1 Å². The summed E-state index contributed by atoms with van der Waals surface area (Å²) in [5.74, 6) is 0.427. The summed E-state index contributed by atoms with van der Waals surface area (Å²) < 4.78 is 0. The lowest BCUT2D eigenvalue weighted by molar-refractivity contribution is 0.0947. The second-order valence-corrected chi connectivity index (χ2v) is 5.36. The third-order valence-electron chi connectivity index (χ3n) is 4.04. The van der Waals surface area contributed by atoms with E-state index in [2.05, 4.69) is 49.4 Å². The minimum absolute atomic E-state index is 0.131. The van der Waals surface area contributed by atoms with Crippen LogP contribution in [0.5, 0.6) is 0 Å². The molecule has 0 saturated heterocycles. The van der Waals surface area contributed by atoms with Crippen molar-refractivity contribution in [3.05, 3.63) is 59.2 Å². The number of ketones is 1. The first-order chi connectivity index (χ1) is 9.20. The predicted molar refractivity (Wildman–Crippen MR) is 78.5 cm³/mol. The second kappa shape index (κ2) is 4.65. The molecule has 0 saturated carbocycles. The Morgan fingerprint density at radius 2 is 1.84 bits per heavy atom. The van der Waals surface area contributed by atoms with Gasteiger partial charge in [-0.1, -0.05) is 56.3 Å². The molecule has 0 N–H and O–H groups in total. The molecule has 0 amide bonds. The fourth-order valence-electron chi connectivity index (χ4n) is 2.89. The SMILES string of the molecule is CCc1ccc(-c2cccc3c2C(=O)C(C)C3)cc1. The van der Waals surface area contributed by atoms with Crippen LogP contribution in [0.15, 0.2) is 42.5 Å². The molecule has 19 heavy (non-hydrogen) atoms. The van der Waals surface area contributed by atoms with E-state index in [0.29, 0.717) is 5.78 Å². The van der Waals surface area contributed by atoms with Crippen molar-refractivity contribution >= 4 is 5.78 Å². The molecule has 0 fully saturated rings. The van der Waals surface area contributed by atoms with Gasteiger partial charge in [0.25, 0.3) is 0 Å². The summed E-state index contributed by atoms with van der Waals surface area (Å²) in [6.07, 6.45) is 1.93. The first-order valence-electron chi connectivity index (χ1n) is 6.96. The van der Waals surface area contributed by atoms with Crippen LogP contribution in [0, 0.1) is 5.92 Å². The van der Waals surface area contributed by atoms with Gasteiger partial charge in [-0.2, -0.15) is 0 Å². The highest BCUT2D eigenvalue weighted by molar-refractivity contribution is 6.07. The fourth-order valence-corrected chi connectivity index (χ4v) is 2.89. The average Bonchev–Trinajstić information content (AvgIpc) is 2.74. The molecule has 3 rings (SSSR count). The molecule has 0 heterocycles. The smallest absolute Gasteiger partial charge is 0.166 e. The minimum atomic E-state index is 0.131. The number of hydrogen-bond donors (Lipinski definition) is 0. The number of carbonyl (C=O) groups excluding carboxylic acids is 1. The Morgan fingerprint density at radius 3 is 2.53 bits per heavy atom. The van der Waals surface area contributed by atoms with Gasteiger partial charge in [0, 0.05) is 11.5 Å². The van der Waals surface area contributed by atoms with E-state index in [4.69, 9.17) is 0 Å². The molecule has 1 atom stereocenters. The monoisotopic (exact) mass is 250 g/mol. The van der Waals surface area contributed by atoms with Gasteiger partial charge in [0.15, 0.2) is 5.78 Å². The van der Waals surface area contributed by atoms with E-state index >= 15 is 0 Å². The van der Waals surface area contributed by atoms with Gasteiger partial charge in [0.05, 0.1) is 0 Å². The fraction of sp³-hybridized carbons (Fsp3) is 0.278. The highest BCUT2D eigenvalue weighted by Crippen LogP contribution is 2.34. The summed E-state index contributed by atoms with van der Waals surface area (Å²) in [6.45, 7) is 4.17. The van der Waals surface area contributed by atoms with E-state index in [1.807, 2.05) is 6.92 Å². The third kappa shape index (κ3) is 1.99. The van der Waals surface area contributed by atoms with Gasteiger partial charge in [-0.05, 0) is 35.1 Å². The van der Waals surface area contributed by atoms with Crippen molar-refractivity contribution in [2.45, 2.75) is 26.7 Å². The van der Waals surface area contributed by atoms with Gasteiger partial charge < -0.3 is 0 Å². The molecule has 0 aliphatic heterocycles. The van der Waals surface area contributed by atoms with Crippen LogP contribution >= 0.6 is 0 Å². The number of Topliss-reactive ketones (excluding diaryl/α,β-unsaturated/α-hetero) is 1. The zero-order chi connectivity index (χ0) is 13.4. The summed E-state index contributed by atoms with van der Waals surface area (Å²) in [7, 11) is 0. The van der Waals surface area contributed by atoms with Crippen molar-refractivity contribution in [1.82, 2.24) is 0 Å². The largest absolute Gasteiger partial charge is 0.294 e. The normalized spacial score (nSPS) is 17.6. The van der Waals surface area contributed by atoms with E-state index in [9.17, 15) is 4.79 Å². The van der Waals surface area contributed by atoms with Crippen LogP contribution < -0.4 is 0 Å². The van der Waals surface area contributed by atoms with Crippen LogP contribution in [0.2, 0.25) is 0 Å². The summed E-state index contributed by atoms with van der Waals surface area (Å²) >= 11 is 0. The maximum atomic E-state index is 12.3. The number of fused-ring (bicyclic) bond motifs is 1. The lowest BCUT2D eigenvalue weighted by Crippen LogP contribution is -2.04. The van der Waals surface area contributed by atoms with Crippen molar-refractivity contribution < 1.29 is 4.79 Å². The number of carbonyl (C=O) groups is 1. The Balaban J connectivity index is 2.11. The molecular weight excluding hydrogens is 232 g/mol. The number of rotatable bonds is 2. The first kappa shape index (κ1) is 12.2. The van der Waals surface area contributed by atoms with E-state index in [1.54, 1.807) is 0 Å². The molecule has 1 aliphatic rings. The molecule has 0 spiro atoms. The summed E-state index contributed by atoms with van der Waals surface area (Å²) in [5, 5.41) is 0. The summed E-state index contributed by atoms with van der Waals surface area (Å²) in [6, 6.07) is 14.8. The number of benzene rings is 2. The standard InChI is InChI=1S/C18H18O/c1-3-13-7-9-14(10-8-13)16-6-4-5-15-11-12(2)18(19)17(15)16/h4-10,12H,3,11H2,1-2H3. The van der Waals surface area contributed by atoms with Gasteiger partial charge in [-0.25, -0.2) is 0 Å². The van der Waals surface area contributed by atoms with Gasteiger partial charge in [0.2, 0.25) is 0 Å². The Labute approximate surface area is 114 Å². The molecule has 1 nitrogen and oxygen atoms in total. The molecule has 0 bridgehead atoms. The molecule has 1 heteroatoms. The van der Waals surface area contributed by atoms with Crippen LogP contribution in [-0.2, 0) is 12.8 Å². The number of aryl methyl sites for hydroxylation is 1. The molecule has 0 aromatic heterocycles. The molecule has 2 aromatic carbocycles. The maximum absolute atomic E-state index is 12.3. The van der Waals surface area contributed by atoms with E-state index in [-0.39, 0.29) is 5.92 Å². The van der Waals surface area contributed by atoms with Crippen LogP contribution in [0.4, 0.5) is 0 Å². The molecule has 96 valence electrons. The van der Waals surface area contributed by atoms with Gasteiger partial charge in [-0.15, -0.1) is 0 Å². The molecular formula is C18H18O. The average molecular weight is 250 g/mol. The zero-order valence-electron chi connectivity index (χ0n) is 11.4. The molecule has 0 radical (unpaired) electrons. The molecule has 1 aliphatic carbocycles. The van der Waals surface area contributed by atoms with E-state index in [0.717, 1.165) is 29.5 Å². The second-order valence-electron chi connectivity index (χ2n) is 5.36. The zero-order valence-corrected chi connectivity index (χ0v) is 11.4. The Bertz CT molecular complexity index is 623. The maximum Gasteiger partial charge on any atom is 0.166 e. The number of hydrogen-bond acceptors (Lipinski definition) is 1. The topological polar surface area (TPSA) is 17.1 Å². The van der Waals surface area contributed by atoms with Crippen molar-refractivity contribution in [2.75, 3.05) is 0 Å². The minimum Gasteiger partial charge on any atom is -0.294 e. The van der Waals surface area contributed by atoms with Gasteiger partial charge in [-0.3, -0.25) is 4.79 Å². The van der Waals surface area contributed by atoms with Crippen molar-refractivity contribution in [2.24, 2.45) is 5.92 Å². The van der Waals surface area contributed by atoms with E-state index in [1.165, 1.54) is 11.1 Å². The lowest BCUT2D eigenvalue weighted by atomic mass is 9.95. The van der Waals surface area contributed by atoms with Crippen molar-refractivity contribution in [3.63, 3.8) is 0 Å². The summed E-state index contributed by atoms with van der Waals surface area (Å²) in [5.41, 5.74) is 5.72. The van der Waals surface area contributed by atoms with E-state index < -0.39 is 0 Å². The van der Waals surface area contributed by atoms with Crippen LogP contribution in [-0.4, -0.2) is 5.78 Å². The van der Waals surface area contributed by atoms with Gasteiger partial charge in [0.1, 0.15) is 0 Å². The van der Waals surface area contributed by atoms with Crippen LogP contribution in [0.25, 0.3) is 11.1 Å². The van der Waals surface area contributed by atoms with Gasteiger partial charge >= 0.3 is 0 Å². The quantitative estimate of drug-likeness (QED) is 0.777. The third-order valence-corrected chi connectivity index (χ3v) is 4.04. The lowest BCUT2D eigenvalue weighted by Gasteiger charge is -2.08. The van der Waals surface area contributed by atoms with Crippen LogP contribution in [0.3, 0.4) is 0 Å². The Morgan fingerprint density at radius 1 is 1.11 bits per heavy atom. The van der Waals surface area contributed by atoms with Crippen molar-refractivity contribution in [1.29, 1.82) is 0 Å². The highest BCUT2D eigenvalue weighted by Gasteiger charge is 2.29. The van der Waals surface area contributed by atoms with Crippen LogP contribution in [0.1, 0.15) is 35.3 Å². The Kier molecular flexibility index (Phi) is 2.98. The predicted octanol–water partition coefficient (Wildman–Crippen LogP) is 4.29. The molecule has 1 unspecified atom stereocenters.